The Morgan fingerprint density at radius 2 is 1.74 bits per heavy atom. The fraction of sp³-hybridized carbons (Fsp3) is 0.533. The molecule has 0 saturated carbocycles. The van der Waals surface area contributed by atoms with Gasteiger partial charge in [-0.2, -0.15) is 0 Å². The van der Waals surface area contributed by atoms with Crippen LogP contribution < -0.4 is 4.74 Å². The van der Waals surface area contributed by atoms with Crippen LogP contribution >= 0.6 is 11.6 Å². The highest BCUT2D eigenvalue weighted by Gasteiger charge is 2.22. The molecule has 0 amide bonds. The van der Waals surface area contributed by atoms with E-state index in [1.54, 1.807) is 0 Å². The molecule has 1 unspecified atom stereocenters. The second-order valence-electron chi connectivity index (χ2n) is 10.6. The lowest BCUT2D eigenvalue weighted by Gasteiger charge is -2.29. The van der Waals surface area contributed by atoms with E-state index in [4.69, 9.17) is 16.3 Å². The molecule has 1 aromatic heterocycles. The number of hydrogen-bond donors (Lipinski definition) is 0. The van der Waals surface area contributed by atoms with Crippen LogP contribution in [0.5, 0.6) is 5.75 Å². The van der Waals surface area contributed by atoms with E-state index in [2.05, 4.69) is 45.7 Å². The summed E-state index contributed by atoms with van der Waals surface area (Å²) < 4.78 is 8.92. The van der Waals surface area contributed by atoms with Crippen molar-refractivity contribution in [2.45, 2.75) is 64.6 Å². The fourth-order valence-electron chi connectivity index (χ4n) is 6.10. The molecule has 2 aromatic carbocycles. The maximum absolute atomic E-state index is 6.35. The summed E-state index contributed by atoms with van der Waals surface area (Å²) in [5.74, 6) is 1.71. The van der Waals surface area contributed by atoms with E-state index >= 15 is 0 Å². The number of fused-ring (bicyclic) bond motifs is 1. The van der Waals surface area contributed by atoms with Gasteiger partial charge in [0.15, 0.2) is 0 Å². The molecular weight excluding hydrogens is 454 g/mol. The highest BCUT2D eigenvalue weighted by atomic mass is 35.5. The van der Waals surface area contributed by atoms with Gasteiger partial charge >= 0.3 is 0 Å². The van der Waals surface area contributed by atoms with Crippen LogP contribution in [0.1, 0.15) is 56.2 Å². The Hall–Kier alpha value is -2.01. The number of piperidine rings is 2. The minimum absolute atomic E-state index is 0.589. The molecule has 0 N–H and O–H groups in total. The van der Waals surface area contributed by atoms with Crippen molar-refractivity contribution in [1.82, 2.24) is 14.4 Å². The Balaban J connectivity index is 1.40. The number of aromatic nitrogens is 1. The molecule has 2 fully saturated rings. The first-order chi connectivity index (χ1) is 17.2. The second kappa shape index (κ2) is 11.8. The second-order valence-corrected chi connectivity index (χ2v) is 11.0. The number of likely N-dealkylation sites (tertiary alicyclic amines) is 2. The zero-order valence-corrected chi connectivity index (χ0v) is 22.0. The van der Waals surface area contributed by atoms with E-state index in [9.17, 15) is 0 Å². The summed E-state index contributed by atoms with van der Waals surface area (Å²) >= 11 is 6.10. The Kier molecular flexibility index (Phi) is 8.33. The van der Waals surface area contributed by atoms with E-state index < -0.39 is 0 Å². The van der Waals surface area contributed by atoms with Crippen LogP contribution in [0.25, 0.3) is 10.9 Å². The van der Waals surface area contributed by atoms with Crippen molar-refractivity contribution in [1.29, 1.82) is 0 Å². The van der Waals surface area contributed by atoms with Crippen LogP contribution in [0.3, 0.4) is 0 Å². The normalized spacial score (nSPS) is 19.9. The average molecular weight is 494 g/mol. The van der Waals surface area contributed by atoms with Crippen LogP contribution in [0.15, 0.2) is 48.5 Å². The van der Waals surface area contributed by atoms with Gasteiger partial charge in [-0.05, 0) is 107 Å². The summed E-state index contributed by atoms with van der Waals surface area (Å²) in [5.41, 5.74) is 4.15. The minimum atomic E-state index is 0.589. The Morgan fingerprint density at radius 3 is 2.54 bits per heavy atom. The molecule has 0 aliphatic carbocycles. The van der Waals surface area contributed by atoms with Crippen molar-refractivity contribution in [2.24, 2.45) is 5.92 Å². The van der Waals surface area contributed by atoms with Gasteiger partial charge in [0.1, 0.15) is 12.4 Å². The molecule has 0 radical (unpaired) electrons. The van der Waals surface area contributed by atoms with Crippen molar-refractivity contribution < 1.29 is 4.74 Å². The summed E-state index contributed by atoms with van der Waals surface area (Å²) in [6, 6.07) is 16.7. The Morgan fingerprint density at radius 1 is 0.943 bits per heavy atom. The van der Waals surface area contributed by atoms with Gasteiger partial charge in [-0.1, -0.05) is 36.2 Å². The van der Waals surface area contributed by atoms with Crippen molar-refractivity contribution in [3.8, 4) is 5.75 Å². The van der Waals surface area contributed by atoms with Gasteiger partial charge in [0.2, 0.25) is 0 Å². The molecule has 1 atom stereocenters. The molecule has 2 aliphatic rings. The summed E-state index contributed by atoms with van der Waals surface area (Å²) in [5, 5.41) is 2.13. The molecule has 2 saturated heterocycles. The molecular formula is C30H40ClN3O. The number of halogens is 1. The van der Waals surface area contributed by atoms with Crippen molar-refractivity contribution >= 4 is 22.5 Å². The van der Waals surface area contributed by atoms with Gasteiger partial charge in [-0.3, -0.25) is 4.90 Å². The van der Waals surface area contributed by atoms with E-state index in [1.807, 2.05) is 24.3 Å². The summed E-state index contributed by atoms with van der Waals surface area (Å²) in [4.78, 5) is 5.14. The zero-order chi connectivity index (χ0) is 24.0. The molecule has 188 valence electrons. The number of hydrogen-bond acceptors (Lipinski definition) is 3. The van der Waals surface area contributed by atoms with Crippen molar-refractivity contribution in [3.05, 3.63) is 64.8 Å². The monoisotopic (exact) mass is 493 g/mol. The molecule has 4 nitrogen and oxygen atoms in total. The van der Waals surface area contributed by atoms with Crippen molar-refractivity contribution in [2.75, 3.05) is 33.2 Å². The maximum atomic E-state index is 6.35. The molecule has 3 aromatic rings. The van der Waals surface area contributed by atoms with Crippen LogP contribution in [-0.2, 0) is 19.7 Å². The van der Waals surface area contributed by atoms with Gasteiger partial charge in [0.25, 0.3) is 0 Å². The average Bonchev–Trinajstić information content (AvgIpc) is 3.17. The highest BCUT2D eigenvalue weighted by molar-refractivity contribution is 6.30. The minimum Gasteiger partial charge on any atom is -0.487 e. The van der Waals surface area contributed by atoms with E-state index in [1.165, 1.54) is 93.3 Å². The van der Waals surface area contributed by atoms with Crippen LogP contribution in [0, 0.1) is 5.92 Å². The van der Waals surface area contributed by atoms with Crippen LogP contribution in [-0.4, -0.2) is 47.6 Å². The summed E-state index contributed by atoms with van der Waals surface area (Å²) in [6.07, 6.45) is 9.22. The maximum Gasteiger partial charge on any atom is 0.129 e. The highest BCUT2D eigenvalue weighted by Crippen LogP contribution is 2.31. The largest absolute Gasteiger partial charge is 0.487 e. The van der Waals surface area contributed by atoms with Gasteiger partial charge in [0, 0.05) is 35.6 Å². The number of rotatable bonds is 9. The number of para-hydroxylation sites is 1. The third kappa shape index (κ3) is 6.22. The van der Waals surface area contributed by atoms with Crippen LogP contribution in [0.4, 0.5) is 0 Å². The lowest BCUT2D eigenvalue weighted by Crippen LogP contribution is -2.32. The van der Waals surface area contributed by atoms with E-state index in [-0.39, 0.29) is 0 Å². The predicted molar refractivity (Wildman–Crippen MR) is 146 cm³/mol. The Labute approximate surface area is 215 Å². The fourth-order valence-corrected chi connectivity index (χ4v) is 6.22. The SMILES string of the molecule is CN1CCCC(CCCn2c(COc3ccc(Cl)cc3)c(CN3CCCCC3)c3ccccc32)C1. The molecule has 0 bridgehead atoms. The molecule has 0 spiro atoms. The molecule has 2 aliphatic heterocycles. The number of ether oxygens (including phenoxy) is 1. The zero-order valence-electron chi connectivity index (χ0n) is 21.2. The lowest BCUT2D eigenvalue weighted by molar-refractivity contribution is 0.198. The van der Waals surface area contributed by atoms with Crippen molar-refractivity contribution in [3.63, 3.8) is 0 Å². The molecule has 5 heteroatoms. The number of aryl methyl sites for hydroxylation is 1. The summed E-state index contributed by atoms with van der Waals surface area (Å²) in [6.45, 7) is 7.56. The Bertz CT molecular complexity index is 1090. The number of nitrogens with zero attached hydrogens (tertiary/aromatic N) is 3. The third-order valence-electron chi connectivity index (χ3n) is 7.93. The standard InChI is InChI=1S/C30H40ClN3O/c1-32-17-7-9-24(21-32)10-8-20-34-29-12-4-3-11-27(29)28(22-33-18-5-2-6-19-33)30(34)23-35-26-15-13-25(31)14-16-26/h3-4,11-16,24H,2,5-10,17-23H2,1H3. The first-order valence-corrected chi connectivity index (χ1v) is 13.9. The first kappa shape index (κ1) is 24.7. The smallest absolute Gasteiger partial charge is 0.129 e. The molecule has 35 heavy (non-hydrogen) atoms. The topological polar surface area (TPSA) is 20.6 Å². The van der Waals surface area contributed by atoms with Gasteiger partial charge < -0.3 is 14.2 Å². The number of benzene rings is 2. The molecule has 5 rings (SSSR count). The first-order valence-electron chi connectivity index (χ1n) is 13.6. The third-order valence-corrected chi connectivity index (χ3v) is 8.18. The lowest BCUT2D eigenvalue weighted by atomic mass is 9.94. The van der Waals surface area contributed by atoms with Gasteiger partial charge in [-0.25, -0.2) is 0 Å². The van der Waals surface area contributed by atoms with Crippen LogP contribution in [0.2, 0.25) is 5.02 Å². The quantitative estimate of drug-likeness (QED) is 0.320. The predicted octanol–water partition coefficient (Wildman–Crippen LogP) is 6.98. The van der Waals surface area contributed by atoms with E-state index in [0.717, 1.165) is 29.8 Å². The van der Waals surface area contributed by atoms with E-state index in [0.29, 0.717) is 6.61 Å². The molecule has 3 heterocycles. The van der Waals surface area contributed by atoms with Gasteiger partial charge in [-0.15, -0.1) is 0 Å². The summed E-state index contributed by atoms with van der Waals surface area (Å²) in [7, 11) is 2.27. The van der Waals surface area contributed by atoms with Gasteiger partial charge in [0.05, 0.1) is 5.69 Å².